The highest BCUT2D eigenvalue weighted by Gasteiger charge is 2.00. The summed E-state index contributed by atoms with van der Waals surface area (Å²) in [6.07, 6.45) is 7.28. The van der Waals surface area contributed by atoms with Crippen LogP contribution in [0, 0.1) is 0 Å². The Morgan fingerprint density at radius 2 is 2.18 bits per heavy atom. The minimum absolute atomic E-state index is 0.805. The molecular weight excluding hydrogens is 212 g/mol. The molecule has 0 saturated heterocycles. The molecule has 1 aromatic carbocycles. The SMILES string of the molecule is C[n+]1ccn(CCCNc2ccccc2N)c1. The third kappa shape index (κ3) is 3.24. The van der Waals surface area contributed by atoms with Gasteiger partial charge in [0.05, 0.1) is 25.0 Å². The molecule has 2 rings (SSSR count). The minimum atomic E-state index is 0.805. The predicted molar refractivity (Wildman–Crippen MR) is 69.6 cm³/mol. The lowest BCUT2D eigenvalue weighted by molar-refractivity contribution is -0.671. The Hall–Kier alpha value is -1.97. The van der Waals surface area contributed by atoms with Crippen molar-refractivity contribution >= 4 is 11.4 Å². The molecule has 1 heterocycles. The van der Waals surface area contributed by atoms with E-state index < -0.39 is 0 Å². The molecule has 0 amide bonds. The lowest BCUT2D eigenvalue weighted by Crippen LogP contribution is -2.23. The molecule has 0 bridgehead atoms. The zero-order valence-corrected chi connectivity index (χ0v) is 10.1. The van der Waals surface area contributed by atoms with E-state index in [2.05, 4.69) is 22.4 Å². The number of rotatable bonds is 5. The number of para-hydroxylation sites is 2. The molecule has 4 heteroatoms. The lowest BCUT2D eigenvalue weighted by Gasteiger charge is -2.07. The van der Waals surface area contributed by atoms with E-state index in [4.69, 9.17) is 5.73 Å². The summed E-state index contributed by atoms with van der Waals surface area (Å²) in [5, 5.41) is 3.34. The van der Waals surface area contributed by atoms with Crippen LogP contribution in [-0.4, -0.2) is 11.1 Å². The second-order valence-electron chi connectivity index (χ2n) is 4.18. The maximum atomic E-state index is 5.85. The monoisotopic (exact) mass is 231 g/mol. The first-order valence-corrected chi connectivity index (χ1v) is 5.85. The van der Waals surface area contributed by atoms with Gasteiger partial charge in [0.1, 0.15) is 12.4 Å². The Bertz CT molecular complexity index is 476. The first-order chi connectivity index (χ1) is 8.25. The van der Waals surface area contributed by atoms with Crippen LogP contribution in [0.15, 0.2) is 43.0 Å². The predicted octanol–water partition coefficient (Wildman–Crippen LogP) is 1.40. The summed E-state index contributed by atoms with van der Waals surface area (Å²) in [6, 6.07) is 7.85. The van der Waals surface area contributed by atoms with Crippen LogP contribution in [0.25, 0.3) is 0 Å². The highest BCUT2D eigenvalue weighted by Crippen LogP contribution is 2.16. The summed E-state index contributed by atoms with van der Waals surface area (Å²) in [4.78, 5) is 0. The Morgan fingerprint density at radius 1 is 1.35 bits per heavy atom. The van der Waals surface area contributed by atoms with Crippen LogP contribution in [0.1, 0.15) is 6.42 Å². The van der Waals surface area contributed by atoms with Crippen LogP contribution < -0.4 is 15.6 Å². The second kappa shape index (κ2) is 5.39. The molecule has 90 valence electrons. The van der Waals surface area contributed by atoms with Gasteiger partial charge in [0.15, 0.2) is 0 Å². The smallest absolute Gasteiger partial charge is 0.243 e. The van der Waals surface area contributed by atoms with Gasteiger partial charge in [-0.15, -0.1) is 0 Å². The zero-order valence-electron chi connectivity index (χ0n) is 10.1. The molecule has 0 aliphatic rings. The van der Waals surface area contributed by atoms with Crippen molar-refractivity contribution in [3.63, 3.8) is 0 Å². The van der Waals surface area contributed by atoms with Gasteiger partial charge in [-0.25, -0.2) is 9.13 Å². The summed E-state index contributed by atoms with van der Waals surface area (Å²) in [5.41, 5.74) is 7.67. The molecule has 0 fully saturated rings. The molecule has 1 aromatic heterocycles. The normalized spacial score (nSPS) is 10.4. The Kier molecular flexibility index (Phi) is 3.65. The van der Waals surface area contributed by atoms with E-state index in [1.807, 2.05) is 42.1 Å². The van der Waals surface area contributed by atoms with Crippen molar-refractivity contribution in [2.75, 3.05) is 17.6 Å². The number of nitrogens with two attached hydrogens (primary N) is 1. The van der Waals surface area contributed by atoms with E-state index in [0.29, 0.717) is 0 Å². The molecule has 0 radical (unpaired) electrons. The van der Waals surface area contributed by atoms with E-state index in [0.717, 1.165) is 30.9 Å². The van der Waals surface area contributed by atoms with Gasteiger partial charge >= 0.3 is 0 Å². The topological polar surface area (TPSA) is 46.9 Å². The van der Waals surface area contributed by atoms with Crippen molar-refractivity contribution in [2.24, 2.45) is 7.05 Å². The first-order valence-electron chi connectivity index (χ1n) is 5.85. The number of nitrogens with one attached hydrogen (secondary N) is 1. The number of anilines is 2. The average Bonchev–Trinajstić information content (AvgIpc) is 2.73. The fraction of sp³-hybridized carbons (Fsp3) is 0.308. The van der Waals surface area contributed by atoms with Crippen LogP contribution >= 0.6 is 0 Å². The standard InChI is InChI=1S/C13H19N4/c1-16-9-10-17(11-16)8-4-7-15-13-6-3-2-5-12(13)14/h2-3,5-6,9-11,15H,4,7-8,14H2,1H3/q+1. The molecule has 0 spiro atoms. The van der Waals surface area contributed by atoms with Gasteiger partial charge < -0.3 is 11.1 Å². The Morgan fingerprint density at radius 3 is 2.88 bits per heavy atom. The van der Waals surface area contributed by atoms with Crippen molar-refractivity contribution in [2.45, 2.75) is 13.0 Å². The summed E-state index contributed by atoms with van der Waals surface area (Å²) in [5.74, 6) is 0. The maximum Gasteiger partial charge on any atom is 0.243 e. The lowest BCUT2D eigenvalue weighted by atomic mass is 10.2. The van der Waals surface area contributed by atoms with Crippen LogP contribution in [-0.2, 0) is 13.6 Å². The van der Waals surface area contributed by atoms with Crippen molar-refractivity contribution in [1.29, 1.82) is 0 Å². The number of imidazole rings is 1. The van der Waals surface area contributed by atoms with Gasteiger partial charge in [-0.2, -0.15) is 0 Å². The Balaban J connectivity index is 1.75. The highest BCUT2D eigenvalue weighted by molar-refractivity contribution is 5.65. The van der Waals surface area contributed by atoms with Crippen LogP contribution in [0.5, 0.6) is 0 Å². The van der Waals surface area contributed by atoms with Gasteiger partial charge in [0, 0.05) is 13.0 Å². The van der Waals surface area contributed by atoms with Crippen molar-refractivity contribution in [3.05, 3.63) is 43.0 Å². The van der Waals surface area contributed by atoms with Gasteiger partial charge in [0.25, 0.3) is 0 Å². The fourth-order valence-corrected chi connectivity index (χ4v) is 1.78. The molecule has 4 nitrogen and oxygen atoms in total. The second-order valence-corrected chi connectivity index (χ2v) is 4.18. The average molecular weight is 231 g/mol. The quantitative estimate of drug-likeness (QED) is 0.464. The van der Waals surface area contributed by atoms with Crippen LogP contribution in [0.3, 0.4) is 0 Å². The summed E-state index contributed by atoms with van der Waals surface area (Å²) >= 11 is 0. The fourth-order valence-electron chi connectivity index (χ4n) is 1.78. The zero-order chi connectivity index (χ0) is 12.1. The van der Waals surface area contributed by atoms with Crippen LogP contribution in [0.4, 0.5) is 11.4 Å². The van der Waals surface area contributed by atoms with E-state index >= 15 is 0 Å². The molecule has 0 saturated carbocycles. The number of nitrogen functional groups attached to an aromatic ring is 1. The molecule has 0 unspecified atom stereocenters. The van der Waals surface area contributed by atoms with E-state index in [-0.39, 0.29) is 0 Å². The number of hydrogen-bond donors (Lipinski definition) is 2. The highest BCUT2D eigenvalue weighted by atomic mass is 15.1. The van der Waals surface area contributed by atoms with Gasteiger partial charge in [-0.1, -0.05) is 12.1 Å². The van der Waals surface area contributed by atoms with Crippen molar-refractivity contribution in [3.8, 4) is 0 Å². The van der Waals surface area contributed by atoms with E-state index in [1.165, 1.54) is 0 Å². The number of benzene rings is 1. The number of aromatic nitrogens is 2. The van der Waals surface area contributed by atoms with E-state index in [1.54, 1.807) is 0 Å². The first kappa shape index (κ1) is 11.5. The third-order valence-corrected chi connectivity index (χ3v) is 2.69. The van der Waals surface area contributed by atoms with Crippen molar-refractivity contribution in [1.82, 2.24) is 4.57 Å². The molecule has 0 aliphatic carbocycles. The van der Waals surface area contributed by atoms with Gasteiger partial charge in [0.2, 0.25) is 6.33 Å². The molecule has 3 N–H and O–H groups in total. The van der Waals surface area contributed by atoms with E-state index in [9.17, 15) is 0 Å². The van der Waals surface area contributed by atoms with Gasteiger partial charge in [-0.3, -0.25) is 0 Å². The molecule has 17 heavy (non-hydrogen) atoms. The molecule has 0 atom stereocenters. The summed E-state index contributed by atoms with van der Waals surface area (Å²) < 4.78 is 4.22. The minimum Gasteiger partial charge on any atom is -0.397 e. The number of aryl methyl sites for hydroxylation is 2. The summed E-state index contributed by atoms with van der Waals surface area (Å²) in [7, 11) is 2.03. The largest absolute Gasteiger partial charge is 0.397 e. The molecule has 2 aromatic rings. The van der Waals surface area contributed by atoms with Gasteiger partial charge in [-0.05, 0) is 12.1 Å². The molecule has 0 aliphatic heterocycles. The number of hydrogen-bond acceptors (Lipinski definition) is 2. The third-order valence-electron chi connectivity index (χ3n) is 2.69. The molecular formula is C13H19N4+. The van der Waals surface area contributed by atoms with Crippen molar-refractivity contribution < 1.29 is 4.57 Å². The Labute approximate surface area is 102 Å². The number of nitrogens with zero attached hydrogens (tertiary/aromatic N) is 2. The van der Waals surface area contributed by atoms with Crippen LogP contribution in [0.2, 0.25) is 0 Å². The maximum absolute atomic E-state index is 5.85. The summed E-state index contributed by atoms with van der Waals surface area (Å²) in [6.45, 7) is 1.94.